The number of tetrazole rings is 1. The maximum absolute atomic E-state index is 10.5. The standard InChI is InChI=1S/C7H6N4O3S/c12-4-1-2-15-6(4)7-8-9-10-11(7)3-5(13)14/h1-2,12H,3H2,(H,13,14). The summed E-state index contributed by atoms with van der Waals surface area (Å²) in [5, 5.41) is 30.3. The van der Waals surface area contributed by atoms with Gasteiger partial charge >= 0.3 is 5.97 Å². The minimum atomic E-state index is -1.04. The summed E-state index contributed by atoms with van der Waals surface area (Å²) < 4.78 is 1.12. The molecule has 2 heterocycles. The van der Waals surface area contributed by atoms with Crippen LogP contribution in [0.25, 0.3) is 10.7 Å². The molecule has 0 aromatic carbocycles. The van der Waals surface area contributed by atoms with Crippen LogP contribution in [0.3, 0.4) is 0 Å². The van der Waals surface area contributed by atoms with E-state index >= 15 is 0 Å². The summed E-state index contributed by atoms with van der Waals surface area (Å²) in [7, 11) is 0. The van der Waals surface area contributed by atoms with Crippen LogP contribution < -0.4 is 0 Å². The molecule has 2 aromatic rings. The third-order valence-electron chi connectivity index (χ3n) is 1.66. The van der Waals surface area contributed by atoms with E-state index in [2.05, 4.69) is 15.5 Å². The third-order valence-corrected chi connectivity index (χ3v) is 2.56. The highest BCUT2D eigenvalue weighted by Crippen LogP contribution is 2.32. The van der Waals surface area contributed by atoms with E-state index in [1.807, 2.05) is 0 Å². The van der Waals surface area contributed by atoms with E-state index in [0.29, 0.717) is 4.88 Å². The lowest BCUT2D eigenvalue weighted by Crippen LogP contribution is -2.11. The van der Waals surface area contributed by atoms with Gasteiger partial charge in [-0.25, -0.2) is 4.68 Å². The molecule has 0 atom stereocenters. The minimum absolute atomic E-state index is 0.0430. The Bertz CT molecular complexity index is 492. The summed E-state index contributed by atoms with van der Waals surface area (Å²) in [4.78, 5) is 11.0. The monoisotopic (exact) mass is 226 g/mol. The molecule has 0 aliphatic rings. The van der Waals surface area contributed by atoms with Crippen LogP contribution in [0.5, 0.6) is 5.75 Å². The van der Waals surface area contributed by atoms with E-state index < -0.39 is 5.97 Å². The van der Waals surface area contributed by atoms with Crippen LogP contribution in [0.4, 0.5) is 0 Å². The zero-order chi connectivity index (χ0) is 10.8. The lowest BCUT2D eigenvalue weighted by Gasteiger charge is -1.98. The van der Waals surface area contributed by atoms with Gasteiger partial charge in [0, 0.05) is 0 Å². The number of thiophene rings is 1. The average Bonchev–Trinajstić information content (AvgIpc) is 2.73. The number of carboxylic acids is 1. The van der Waals surface area contributed by atoms with Crippen molar-refractivity contribution in [1.29, 1.82) is 0 Å². The van der Waals surface area contributed by atoms with Crippen LogP contribution in [0.1, 0.15) is 0 Å². The summed E-state index contributed by atoms with van der Waals surface area (Å²) in [6.45, 7) is -0.334. The fourth-order valence-electron chi connectivity index (χ4n) is 1.07. The first-order chi connectivity index (χ1) is 7.18. The van der Waals surface area contributed by atoms with Crippen molar-refractivity contribution < 1.29 is 15.0 Å². The Labute approximate surface area is 87.6 Å². The van der Waals surface area contributed by atoms with Crippen LogP contribution in [0, 0.1) is 0 Å². The Morgan fingerprint density at radius 3 is 3.00 bits per heavy atom. The Balaban J connectivity index is 2.41. The van der Waals surface area contributed by atoms with Gasteiger partial charge in [0.2, 0.25) is 0 Å². The van der Waals surface area contributed by atoms with Crippen LogP contribution in [0.2, 0.25) is 0 Å². The Morgan fingerprint density at radius 2 is 2.40 bits per heavy atom. The summed E-state index contributed by atoms with van der Waals surface area (Å²) in [6.07, 6.45) is 0. The average molecular weight is 226 g/mol. The topological polar surface area (TPSA) is 101 Å². The molecule has 2 rings (SSSR count). The summed E-state index contributed by atoms with van der Waals surface area (Å²) >= 11 is 1.24. The van der Waals surface area contributed by atoms with Crippen molar-refractivity contribution in [3.8, 4) is 16.5 Å². The summed E-state index contributed by atoms with van der Waals surface area (Å²) in [5.74, 6) is -0.745. The molecule has 0 aliphatic carbocycles. The number of aromatic hydroxyl groups is 1. The first kappa shape index (κ1) is 9.59. The number of carboxylic acid groups (broad SMARTS) is 1. The molecule has 7 nitrogen and oxygen atoms in total. The lowest BCUT2D eigenvalue weighted by molar-refractivity contribution is -0.137. The van der Waals surface area contributed by atoms with E-state index in [1.54, 1.807) is 5.38 Å². The van der Waals surface area contributed by atoms with Crippen molar-refractivity contribution in [2.24, 2.45) is 0 Å². The first-order valence-corrected chi connectivity index (χ1v) is 4.81. The molecule has 0 bridgehead atoms. The van der Waals surface area contributed by atoms with Gasteiger partial charge in [-0.1, -0.05) is 0 Å². The van der Waals surface area contributed by atoms with Gasteiger partial charge < -0.3 is 10.2 Å². The molecule has 8 heteroatoms. The van der Waals surface area contributed by atoms with Gasteiger partial charge in [-0.15, -0.1) is 16.4 Å². The normalized spacial score (nSPS) is 10.4. The molecule has 0 amide bonds. The van der Waals surface area contributed by atoms with Crippen molar-refractivity contribution in [1.82, 2.24) is 20.2 Å². The van der Waals surface area contributed by atoms with Crippen LogP contribution >= 0.6 is 11.3 Å². The van der Waals surface area contributed by atoms with Gasteiger partial charge in [-0.2, -0.15) is 0 Å². The van der Waals surface area contributed by atoms with E-state index in [4.69, 9.17) is 5.11 Å². The first-order valence-electron chi connectivity index (χ1n) is 3.93. The van der Waals surface area contributed by atoms with Crippen LogP contribution in [0.15, 0.2) is 11.4 Å². The number of hydrogen-bond donors (Lipinski definition) is 2. The molecule has 0 saturated carbocycles. The molecular formula is C7H6N4O3S. The molecule has 2 N–H and O–H groups in total. The molecule has 0 fully saturated rings. The maximum Gasteiger partial charge on any atom is 0.325 e. The van der Waals surface area contributed by atoms with Crippen molar-refractivity contribution >= 4 is 17.3 Å². The molecule has 15 heavy (non-hydrogen) atoms. The Hall–Kier alpha value is -1.96. The number of rotatable bonds is 3. The van der Waals surface area contributed by atoms with Crippen molar-refractivity contribution in [2.45, 2.75) is 6.54 Å². The second kappa shape index (κ2) is 3.65. The molecule has 78 valence electrons. The van der Waals surface area contributed by atoms with Crippen molar-refractivity contribution in [3.63, 3.8) is 0 Å². The van der Waals surface area contributed by atoms with Gasteiger partial charge in [0.15, 0.2) is 5.82 Å². The second-order valence-electron chi connectivity index (χ2n) is 2.69. The molecule has 0 saturated heterocycles. The maximum atomic E-state index is 10.5. The third kappa shape index (κ3) is 1.79. The molecule has 0 radical (unpaired) electrons. The van der Waals surface area contributed by atoms with Crippen LogP contribution in [-0.2, 0) is 11.3 Å². The molecule has 0 unspecified atom stereocenters. The van der Waals surface area contributed by atoms with E-state index in [0.717, 1.165) is 4.68 Å². The number of carbonyl (C=O) groups is 1. The van der Waals surface area contributed by atoms with Gasteiger partial charge in [-0.3, -0.25) is 4.79 Å². The minimum Gasteiger partial charge on any atom is -0.506 e. The quantitative estimate of drug-likeness (QED) is 0.774. The summed E-state index contributed by atoms with van der Waals surface area (Å²) in [5.41, 5.74) is 0. The van der Waals surface area contributed by atoms with Gasteiger partial charge in [0.25, 0.3) is 0 Å². The number of nitrogens with zero attached hydrogens (tertiary/aromatic N) is 4. The highest BCUT2D eigenvalue weighted by molar-refractivity contribution is 7.13. The molecular weight excluding hydrogens is 220 g/mol. The van der Waals surface area contributed by atoms with Gasteiger partial charge in [0.1, 0.15) is 17.2 Å². The van der Waals surface area contributed by atoms with Gasteiger partial charge in [0.05, 0.1) is 0 Å². The SMILES string of the molecule is O=C(O)Cn1nnnc1-c1sccc1O. The predicted molar refractivity (Wildman–Crippen MR) is 50.4 cm³/mol. The zero-order valence-corrected chi connectivity index (χ0v) is 8.18. The van der Waals surface area contributed by atoms with E-state index in [9.17, 15) is 9.90 Å². The highest BCUT2D eigenvalue weighted by atomic mass is 32.1. The predicted octanol–water partition coefficient (Wildman–Crippen LogP) is 0.192. The number of aromatic nitrogens is 4. The number of aliphatic carboxylic acids is 1. The smallest absolute Gasteiger partial charge is 0.325 e. The van der Waals surface area contributed by atoms with E-state index in [1.165, 1.54) is 17.4 Å². The Morgan fingerprint density at radius 1 is 1.60 bits per heavy atom. The molecule has 0 spiro atoms. The Kier molecular flexibility index (Phi) is 2.34. The van der Waals surface area contributed by atoms with E-state index in [-0.39, 0.29) is 18.1 Å². The lowest BCUT2D eigenvalue weighted by atomic mass is 10.4. The largest absolute Gasteiger partial charge is 0.506 e. The molecule has 2 aromatic heterocycles. The van der Waals surface area contributed by atoms with Crippen LogP contribution in [-0.4, -0.2) is 36.4 Å². The van der Waals surface area contributed by atoms with Crippen molar-refractivity contribution in [3.05, 3.63) is 11.4 Å². The van der Waals surface area contributed by atoms with Crippen molar-refractivity contribution in [2.75, 3.05) is 0 Å². The molecule has 0 aliphatic heterocycles. The number of hydrogen-bond acceptors (Lipinski definition) is 6. The van der Waals surface area contributed by atoms with Gasteiger partial charge in [-0.05, 0) is 21.9 Å². The fourth-order valence-corrected chi connectivity index (χ4v) is 1.85. The second-order valence-corrected chi connectivity index (χ2v) is 3.60. The zero-order valence-electron chi connectivity index (χ0n) is 7.36. The fraction of sp³-hybridized carbons (Fsp3) is 0.143. The highest BCUT2D eigenvalue weighted by Gasteiger charge is 2.15. The summed E-state index contributed by atoms with van der Waals surface area (Å²) in [6, 6.07) is 1.50.